The normalized spacial score (nSPS) is 13.4. The summed E-state index contributed by atoms with van der Waals surface area (Å²) in [5, 5.41) is 5.56. The number of carbonyl (C=O) groups is 4. The highest BCUT2D eigenvalue weighted by atomic mass is 16.6. The van der Waals surface area contributed by atoms with E-state index in [2.05, 4.69) is 23.1 Å². The Balaban J connectivity index is 2.64. The molecule has 0 radical (unpaired) electrons. The Bertz CT molecular complexity index is 1400. The molecule has 9 nitrogen and oxygen atoms in total. The highest BCUT2D eigenvalue weighted by Gasteiger charge is 2.39. The average molecular weight is 632 g/mol. The molecule has 2 N–H and O–H groups in total. The van der Waals surface area contributed by atoms with Crippen LogP contribution in [-0.2, 0) is 30.3 Å². The number of nitrogens with zero attached hydrogens (tertiary/aromatic N) is 1. The molecule has 46 heavy (non-hydrogen) atoms. The van der Waals surface area contributed by atoms with Gasteiger partial charge in [-0.15, -0.1) is 13.0 Å². The fourth-order valence-corrected chi connectivity index (χ4v) is 4.79. The third-order valence-electron chi connectivity index (χ3n) is 6.57. The summed E-state index contributed by atoms with van der Waals surface area (Å²) in [6, 6.07) is 12.6. The Kier molecular flexibility index (Phi) is 13.6. The second-order valence-electron chi connectivity index (χ2n) is 13.5. The molecular weight excluding hydrogens is 582 g/mol. The summed E-state index contributed by atoms with van der Waals surface area (Å²) in [7, 11) is 0. The van der Waals surface area contributed by atoms with Crippen molar-refractivity contribution in [3.05, 3.63) is 83.9 Å². The Morgan fingerprint density at radius 3 is 2.02 bits per heavy atom. The molecule has 0 aromatic heterocycles. The van der Waals surface area contributed by atoms with E-state index in [1.54, 1.807) is 65.8 Å². The number of nitrogens with one attached hydrogen (secondary N) is 2. The van der Waals surface area contributed by atoms with Crippen molar-refractivity contribution in [1.82, 2.24) is 15.5 Å². The van der Waals surface area contributed by atoms with Gasteiger partial charge < -0.3 is 25.0 Å². The van der Waals surface area contributed by atoms with Crippen LogP contribution in [0.25, 0.3) is 0 Å². The number of benzene rings is 2. The van der Waals surface area contributed by atoms with Gasteiger partial charge in [0.05, 0.1) is 0 Å². The Morgan fingerprint density at radius 1 is 0.891 bits per heavy atom. The van der Waals surface area contributed by atoms with Crippen molar-refractivity contribution in [3.63, 3.8) is 0 Å². The van der Waals surface area contributed by atoms with Crippen LogP contribution in [0.1, 0.15) is 84.5 Å². The molecule has 0 fully saturated rings. The van der Waals surface area contributed by atoms with Crippen molar-refractivity contribution in [2.45, 2.75) is 97.6 Å². The predicted octanol–water partition coefficient (Wildman–Crippen LogP) is 5.73. The molecule has 0 aliphatic carbocycles. The van der Waals surface area contributed by atoms with E-state index >= 15 is 0 Å². The monoisotopic (exact) mass is 631 g/mol. The first-order valence-electron chi connectivity index (χ1n) is 15.5. The van der Waals surface area contributed by atoms with Gasteiger partial charge in [-0.05, 0) is 71.1 Å². The number of esters is 1. The van der Waals surface area contributed by atoms with Gasteiger partial charge in [0.1, 0.15) is 29.3 Å². The first kappa shape index (κ1) is 37.6. The van der Waals surface area contributed by atoms with Gasteiger partial charge in [-0.25, -0.2) is 9.59 Å². The fourth-order valence-electron chi connectivity index (χ4n) is 4.79. The maximum absolute atomic E-state index is 14.4. The number of alkyl carbamates (subject to hydrolysis) is 1. The number of rotatable bonds is 13. The number of terminal acetylenes is 1. The zero-order valence-electron chi connectivity index (χ0n) is 28.4. The van der Waals surface area contributed by atoms with Crippen LogP contribution in [0, 0.1) is 18.3 Å². The predicted molar refractivity (Wildman–Crippen MR) is 180 cm³/mol. The number of amides is 3. The van der Waals surface area contributed by atoms with E-state index in [1.807, 2.05) is 44.2 Å². The van der Waals surface area contributed by atoms with Crippen LogP contribution in [0.4, 0.5) is 4.79 Å². The Morgan fingerprint density at radius 2 is 1.48 bits per heavy atom. The largest absolute Gasteiger partial charge is 0.458 e. The summed E-state index contributed by atoms with van der Waals surface area (Å²) < 4.78 is 11.1. The first-order chi connectivity index (χ1) is 21.5. The van der Waals surface area contributed by atoms with Crippen LogP contribution in [-0.4, -0.2) is 58.6 Å². The van der Waals surface area contributed by atoms with Gasteiger partial charge in [-0.1, -0.05) is 74.4 Å². The van der Waals surface area contributed by atoms with E-state index in [9.17, 15) is 19.2 Å². The molecule has 3 amide bonds. The van der Waals surface area contributed by atoms with Crippen LogP contribution in [0.2, 0.25) is 0 Å². The lowest BCUT2D eigenvalue weighted by atomic mass is 9.95. The molecule has 248 valence electrons. The van der Waals surface area contributed by atoms with Gasteiger partial charge in [-0.3, -0.25) is 9.59 Å². The van der Waals surface area contributed by atoms with Gasteiger partial charge >= 0.3 is 12.1 Å². The van der Waals surface area contributed by atoms with Gasteiger partial charge in [0.2, 0.25) is 11.8 Å². The minimum Gasteiger partial charge on any atom is -0.458 e. The van der Waals surface area contributed by atoms with Crippen LogP contribution >= 0.6 is 0 Å². The fraction of sp³-hybridized carbons (Fsp3) is 0.459. The molecule has 3 unspecified atom stereocenters. The highest BCUT2D eigenvalue weighted by Crippen LogP contribution is 2.27. The minimum atomic E-state index is -1.28. The van der Waals surface area contributed by atoms with Crippen molar-refractivity contribution >= 4 is 23.9 Å². The van der Waals surface area contributed by atoms with Crippen molar-refractivity contribution in [1.29, 1.82) is 0 Å². The van der Waals surface area contributed by atoms with Crippen molar-refractivity contribution in [3.8, 4) is 12.3 Å². The van der Waals surface area contributed by atoms with E-state index in [1.165, 1.54) is 11.0 Å². The SMILES string of the molecule is C#Cc1ccccc1C(C(=O)NC(Cc1ccccc1)C(=O)OC(C)(C)C)N(CC=C)C(=O)C(CC(C)C)NC(=O)OC(C)(C)C. The van der Waals surface area contributed by atoms with Crippen LogP contribution in [0.5, 0.6) is 0 Å². The lowest BCUT2D eigenvalue weighted by Gasteiger charge is -2.35. The second kappa shape index (κ2) is 16.6. The molecule has 0 spiro atoms. The number of hydrogen-bond acceptors (Lipinski definition) is 6. The van der Waals surface area contributed by atoms with Gasteiger partial charge in [-0.2, -0.15) is 0 Å². The average Bonchev–Trinajstić information content (AvgIpc) is 2.94. The van der Waals surface area contributed by atoms with E-state index in [4.69, 9.17) is 15.9 Å². The summed E-state index contributed by atoms with van der Waals surface area (Å²) >= 11 is 0. The molecule has 0 aliphatic heterocycles. The number of carbonyl (C=O) groups excluding carboxylic acids is 4. The molecular formula is C37H49N3O6. The Labute approximate surface area is 274 Å². The van der Waals surface area contributed by atoms with Crippen LogP contribution < -0.4 is 10.6 Å². The number of hydrogen-bond donors (Lipinski definition) is 2. The van der Waals surface area contributed by atoms with Crippen molar-refractivity contribution in [2.75, 3.05) is 6.54 Å². The molecule has 2 aromatic carbocycles. The molecule has 3 atom stereocenters. The molecule has 0 heterocycles. The van der Waals surface area contributed by atoms with Crippen LogP contribution in [0.3, 0.4) is 0 Å². The maximum Gasteiger partial charge on any atom is 0.408 e. The molecule has 0 bridgehead atoms. The topological polar surface area (TPSA) is 114 Å². The molecule has 9 heteroatoms. The third-order valence-corrected chi connectivity index (χ3v) is 6.57. The zero-order valence-corrected chi connectivity index (χ0v) is 28.4. The minimum absolute atomic E-state index is 0.00200. The summed E-state index contributed by atoms with van der Waals surface area (Å²) in [4.78, 5) is 56.4. The van der Waals surface area contributed by atoms with Crippen molar-refractivity contribution in [2.24, 2.45) is 5.92 Å². The summed E-state index contributed by atoms with van der Waals surface area (Å²) in [6.45, 7) is 18.0. The standard InChI is InChI=1S/C37H49N3O6/c1-11-22-40(33(42)29(23-25(3)4)39-35(44)46-37(8,9)10)31(28-21-17-16-20-27(28)12-2)32(41)38-30(34(43)45-36(5,6)7)24-26-18-14-13-15-19-26/h2,11,13-21,25,29-31H,1,22-24H2,3-10H3,(H,38,41)(H,39,44). The highest BCUT2D eigenvalue weighted by molar-refractivity contribution is 5.94. The first-order valence-corrected chi connectivity index (χ1v) is 15.5. The van der Waals surface area contributed by atoms with E-state index in [-0.39, 0.29) is 25.3 Å². The van der Waals surface area contributed by atoms with E-state index < -0.39 is 53.2 Å². The number of ether oxygens (including phenoxy) is 2. The van der Waals surface area contributed by atoms with Crippen LogP contribution in [0.15, 0.2) is 67.3 Å². The smallest absolute Gasteiger partial charge is 0.408 e. The zero-order chi connectivity index (χ0) is 34.7. The van der Waals surface area contributed by atoms with Crippen molar-refractivity contribution < 1.29 is 28.7 Å². The quantitative estimate of drug-likeness (QED) is 0.166. The summed E-state index contributed by atoms with van der Waals surface area (Å²) in [5.74, 6) is 0.798. The molecule has 0 aliphatic rings. The molecule has 2 aromatic rings. The van der Waals surface area contributed by atoms with E-state index in [0.717, 1.165) is 5.56 Å². The van der Waals surface area contributed by atoms with Gasteiger partial charge in [0.25, 0.3) is 0 Å². The Hall–Kier alpha value is -4.58. The third kappa shape index (κ3) is 12.1. The second-order valence-corrected chi connectivity index (χ2v) is 13.5. The lowest BCUT2D eigenvalue weighted by molar-refractivity contribution is -0.159. The van der Waals surface area contributed by atoms with Gasteiger partial charge in [0, 0.05) is 18.5 Å². The summed E-state index contributed by atoms with van der Waals surface area (Å²) in [5.41, 5.74) is -0.0337. The lowest BCUT2D eigenvalue weighted by Crippen LogP contribution is -2.55. The molecule has 2 rings (SSSR count). The van der Waals surface area contributed by atoms with E-state index in [0.29, 0.717) is 11.1 Å². The van der Waals surface area contributed by atoms with Gasteiger partial charge in [0.15, 0.2) is 0 Å². The molecule has 0 saturated heterocycles. The summed E-state index contributed by atoms with van der Waals surface area (Å²) in [6.07, 6.45) is 7.01. The maximum atomic E-state index is 14.4. The molecule has 0 saturated carbocycles.